The van der Waals surface area contributed by atoms with E-state index in [0.717, 1.165) is 0 Å². The Labute approximate surface area is 88.7 Å². The summed E-state index contributed by atoms with van der Waals surface area (Å²) >= 11 is 0. The van der Waals surface area contributed by atoms with Crippen LogP contribution in [-0.4, -0.2) is 36.9 Å². The van der Waals surface area contributed by atoms with Crippen molar-refractivity contribution < 1.29 is 23.8 Å². The minimum Gasteiger partial charge on any atom is -0.456 e. The normalized spacial score (nSPS) is 30.7. The van der Waals surface area contributed by atoms with Crippen molar-refractivity contribution in [2.24, 2.45) is 0 Å². The van der Waals surface area contributed by atoms with Gasteiger partial charge in [-0.05, 0) is 6.92 Å². The van der Waals surface area contributed by atoms with Gasteiger partial charge in [-0.3, -0.25) is 9.59 Å². The molecule has 1 saturated heterocycles. The summed E-state index contributed by atoms with van der Waals surface area (Å²) in [6.07, 6.45) is 0.0116. The van der Waals surface area contributed by atoms with Gasteiger partial charge in [0.25, 0.3) is 0 Å². The fourth-order valence-electron chi connectivity index (χ4n) is 1.61. The number of esters is 2. The third-order valence-electron chi connectivity index (χ3n) is 2.38. The number of rotatable bonds is 2. The average molecular weight is 216 g/mol. The minimum atomic E-state index is -0.768. The quantitative estimate of drug-likeness (QED) is 0.634. The molecule has 2 atom stereocenters. The van der Waals surface area contributed by atoms with Gasteiger partial charge in [0.05, 0.1) is 13.2 Å². The molecule has 5 heteroatoms. The van der Waals surface area contributed by atoms with Crippen molar-refractivity contribution in [2.45, 2.75) is 38.9 Å². The van der Waals surface area contributed by atoms with Gasteiger partial charge in [0.2, 0.25) is 0 Å². The minimum absolute atomic E-state index is 0.267. The van der Waals surface area contributed by atoms with Crippen LogP contribution >= 0.6 is 0 Å². The number of hydrogen-bond acceptors (Lipinski definition) is 5. The predicted molar refractivity (Wildman–Crippen MR) is 51.2 cm³/mol. The maximum Gasteiger partial charge on any atom is 0.303 e. The van der Waals surface area contributed by atoms with E-state index in [1.807, 2.05) is 0 Å². The number of hydrogen-bond donors (Lipinski definition) is 0. The first kappa shape index (κ1) is 12.0. The molecule has 0 spiro atoms. The largest absolute Gasteiger partial charge is 0.456 e. The monoisotopic (exact) mass is 216 g/mol. The molecule has 1 heterocycles. The summed E-state index contributed by atoms with van der Waals surface area (Å²) in [6.45, 7) is 5.18. The lowest BCUT2D eigenvalue weighted by Crippen LogP contribution is -2.52. The summed E-state index contributed by atoms with van der Waals surface area (Å²) in [4.78, 5) is 21.8. The topological polar surface area (TPSA) is 61.8 Å². The van der Waals surface area contributed by atoms with Crippen LogP contribution in [0.25, 0.3) is 0 Å². The lowest BCUT2D eigenvalue weighted by molar-refractivity contribution is -0.202. The van der Waals surface area contributed by atoms with Crippen molar-refractivity contribution in [3.05, 3.63) is 0 Å². The van der Waals surface area contributed by atoms with E-state index in [2.05, 4.69) is 0 Å². The van der Waals surface area contributed by atoms with Crippen LogP contribution in [0.15, 0.2) is 0 Å². The van der Waals surface area contributed by atoms with Crippen LogP contribution < -0.4 is 0 Å². The van der Waals surface area contributed by atoms with Crippen molar-refractivity contribution in [3.8, 4) is 0 Å². The van der Waals surface area contributed by atoms with Crippen LogP contribution in [0.1, 0.15) is 27.2 Å². The Morgan fingerprint density at radius 2 is 2.00 bits per heavy atom. The van der Waals surface area contributed by atoms with Crippen molar-refractivity contribution in [1.82, 2.24) is 0 Å². The predicted octanol–water partition coefficient (Wildman–Crippen LogP) is 0.660. The molecule has 0 aromatic rings. The van der Waals surface area contributed by atoms with Gasteiger partial charge in [0.1, 0.15) is 0 Å². The molecule has 0 saturated carbocycles. The van der Waals surface area contributed by atoms with Gasteiger partial charge >= 0.3 is 11.9 Å². The second kappa shape index (κ2) is 4.61. The zero-order valence-corrected chi connectivity index (χ0v) is 9.24. The van der Waals surface area contributed by atoms with Gasteiger partial charge in [-0.1, -0.05) is 0 Å². The summed E-state index contributed by atoms with van der Waals surface area (Å²) in [5.41, 5.74) is -0.768. The molecule has 5 nitrogen and oxygen atoms in total. The molecule has 0 radical (unpaired) electrons. The lowest BCUT2D eigenvalue weighted by atomic mass is 9.93. The first-order valence-electron chi connectivity index (χ1n) is 4.88. The molecule has 0 aromatic heterocycles. The zero-order chi connectivity index (χ0) is 11.5. The summed E-state index contributed by atoms with van der Waals surface area (Å²) in [5, 5.41) is 0. The van der Waals surface area contributed by atoms with Crippen LogP contribution in [0.2, 0.25) is 0 Å². The smallest absolute Gasteiger partial charge is 0.303 e. The third-order valence-corrected chi connectivity index (χ3v) is 2.38. The van der Waals surface area contributed by atoms with Crippen molar-refractivity contribution in [2.75, 3.05) is 13.2 Å². The first-order chi connectivity index (χ1) is 6.94. The van der Waals surface area contributed by atoms with Crippen LogP contribution in [-0.2, 0) is 23.8 Å². The molecule has 0 N–H and O–H groups in total. The Morgan fingerprint density at radius 1 is 1.33 bits per heavy atom. The second-order valence-electron chi connectivity index (χ2n) is 3.83. The molecule has 1 fully saturated rings. The fourth-order valence-corrected chi connectivity index (χ4v) is 1.61. The Balaban J connectivity index is 2.71. The van der Waals surface area contributed by atoms with Gasteiger partial charge in [-0.15, -0.1) is 0 Å². The molecular formula is C10H16O5. The molecule has 0 amide bonds. The molecule has 0 aromatic carbocycles. The van der Waals surface area contributed by atoms with Crippen LogP contribution in [0.5, 0.6) is 0 Å². The highest BCUT2D eigenvalue weighted by Crippen LogP contribution is 2.27. The Morgan fingerprint density at radius 3 is 2.53 bits per heavy atom. The highest BCUT2D eigenvalue weighted by molar-refractivity contribution is 5.67. The fraction of sp³-hybridized carbons (Fsp3) is 0.800. The summed E-state index contributed by atoms with van der Waals surface area (Å²) < 4.78 is 15.5. The first-order valence-corrected chi connectivity index (χ1v) is 4.88. The maximum absolute atomic E-state index is 10.9. The van der Waals surface area contributed by atoms with Gasteiger partial charge in [-0.25, -0.2) is 0 Å². The standard InChI is InChI=1S/C10H16O5/c1-7(11)14-9-6-13-5-4-10(9,3)15-8(2)12/h9H,4-6H2,1-3H3/t9-,10+/m0/s1. The third kappa shape index (κ3) is 3.20. The van der Waals surface area contributed by atoms with Gasteiger partial charge in [0.15, 0.2) is 11.7 Å². The van der Waals surface area contributed by atoms with Crippen molar-refractivity contribution >= 4 is 11.9 Å². The molecule has 0 unspecified atom stereocenters. The molecule has 0 aliphatic carbocycles. The van der Waals surface area contributed by atoms with Gasteiger partial charge in [0, 0.05) is 20.3 Å². The summed E-state index contributed by atoms with van der Waals surface area (Å²) in [6, 6.07) is 0. The SMILES string of the molecule is CC(=O)O[C@H]1COCC[C@@]1(C)OC(C)=O. The Kier molecular flexibility index (Phi) is 3.68. The Hall–Kier alpha value is -1.10. The van der Waals surface area contributed by atoms with E-state index in [-0.39, 0.29) is 12.6 Å². The lowest BCUT2D eigenvalue weighted by Gasteiger charge is -2.39. The number of ether oxygens (including phenoxy) is 3. The molecular weight excluding hydrogens is 200 g/mol. The van der Waals surface area contributed by atoms with Gasteiger partial charge in [-0.2, -0.15) is 0 Å². The van der Waals surface area contributed by atoms with Crippen molar-refractivity contribution in [1.29, 1.82) is 0 Å². The van der Waals surface area contributed by atoms with E-state index in [0.29, 0.717) is 13.0 Å². The van der Waals surface area contributed by atoms with Crippen LogP contribution in [0.4, 0.5) is 0 Å². The van der Waals surface area contributed by atoms with Crippen LogP contribution in [0, 0.1) is 0 Å². The second-order valence-corrected chi connectivity index (χ2v) is 3.83. The Bertz CT molecular complexity index is 263. The number of carbonyl (C=O) groups is 2. The molecule has 15 heavy (non-hydrogen) atoms. The van der Waals surface area contributed by atoms with Crippen molar-refractivity contribution in [3.63, 3.8) is 0 Å². The van der Waals surface area contributed by atoms with E-state index >= 15 is 0 Å². The molecule has 1 aliphatic heterocycles. The maximum atomic E-state index is 10.9. The van der Waals surface area contributed by atoms with Crippen LogP contribution in [0.3, 0.4) is 0 Å². The van der Waals surface area contributed by atoms with E-state index in [1.165, 1.54) is 13.8 Å². The summed E-state index contributed by atoms with van der Waals surface area (Å²) in [5.74, 6) is -0.777. The zero-order valence-electron chi connectivity index (χ0n) is 9.24. The van der Waals surface area contributed by atoms with E-state index in [1.54, 1.807) is 6.92 Å². The molecule has 1 aliphatic rings. The number of carbonyl (C=O) groups excluding carboxylic acids is 2. The average Bonchev–Trinajstić information content (AvgIpc) is 2.07. The highest BCUT2D eigenvalue weighted by atomic mass is 16.6. The van der Waals surface area contributed by atoms with E-state index < -0.39 is 17.7 Å². The molecule has 0 bridgehead atoms. The summed E-state index contributed by atoms with van der Waals surface area (Å²) in [7, 11) is 0. The molecule has 86 valence electrons. The highest BCUT2D eigenvalue weighted by Gasteiger charge is 2.42. The molecule has 1 rings (SSSR count). The van der Waals surface area contributed by atoms with Gasteiger partial charge < -0.3 is 14.2 Å². The van der Waals surface area contributed by atoms with E-state index in [4.69, 9.17) is 14.2 Å². The van der Waals surface area contributed by atoms with E-state index in [9.17, 15) is 9.59 Å².